The summed E-state index contributed by atoms with van der Waals surface area (Å²) >= 11 is 1.37. The van der Waals surface area contributed by atoms with E-state index in [0.29, 0.717) is 5.92 Å². The zero-order chi connectivity index (χ0) is 12.8. The minimum Gasteiger partial charge on any atom is -0.351 e. The fraction of sp³-hybridized carbons (Fsp3) is 0.333. The zero-order valence-electron chi connectivity index (χ0n) is 9.90. The number of primary amides is 1. The topological polar surface area (TPSA) is 72.2 Å². The van der Waals surface area contributed by atoms with E-state index < -0.39 is 6.03 Å². The molecule has 0 unspecified atom stereocenters. The molecule has 0 aliphatic rings. The molecule has 3 N–H and O–H groups in total. The van der Waals surface area contributed by atoms with E-state index in [1.54, 1.807) is 0 Å². The van der Waals surface area contributed by atoms with Crippen LogP contribution in [0.15, 0.2) is 29.2 Å². The van der Waals surface area contributed by atoms with Gasteiger partial charge in [-0.25, -0.2) is 4.79 Å². The first kappa shape index (κ1) is 13.6. The number of urea groups is 1. The van der Waals surface area contributed by atoms with Crippen molar-refractivity contribution in [2.75, 3.05) is 5.75 Å². The summed E-state index contributed by atoms with van der Waals surface area (Å²) in [6.07, 6.45) is 0. The third kappa shape index (κ3) is 4.91. The number of nitrogens with two attached hydrogens (primary N) is 1. The van der Waals surface area contributed by atoms with Gasteiger partial charge in [-0.2, -0.15) is 0 Å². The Morgan fingerprint density at radius 3 is 2.35 bits per heavy atom. The molecule has 0 aliphatic carbocycles. The molecule has 0 aliphatic heterocycles. The van der Waals surface area contributed by atoms with Gasteiger partial charge >= 0.3 is 6.03 Å². The molecule has 3 amide bonds. The van der Waals surface area contributed by atoms with Gasteiger partial charge < -0.3 is 5.73 Å². The Hall–Kier alpha value is -1.49. The van der Waals surface area contributed by atoms with Crippen LogP contribution in [0.4, 0.5) is 4.79 Å². The largest absolute Gasteiger partial charge is 0.351 e. The van der Waals surface area contributed by atoms with Gasteiger partial charge in [-0.1, -0.05) is 26.0 Å². The molecule has 92 valence electrons. The second-order valence-electron chi connectivity index (χ2n) is 3.92. The van der Waals surface area contributed by atoms with E-state index in [2.05, 4.69) is 13.8 Å². The third-order valence-corrected chi connectivity index (χ3v) is 3.19. The van der Waals surface area contributed by atoms with E-state index in [4.69, 9.17) is 5.73 Å². The number of nitrogens with one attached hydrogen (secondary N) is 1. The lowest BCUT2D eigenvalue weighted by Gasteiger charge is -2.06. The average Bonchev–Trinajstić information content (AvgIpc) is 2.26. The number of carbonyl (C=O) groups is 2. The van der Waals surface area contributed by atoms with Crippen molar-refractivity contribution < 1.29 is 9.59 Å². The second-order valence-corrected chi connectivity index (χ2v) is 4.97. The standard InChI is InChI=1S/C12H16N2O2S/c1-8(2)9-3-5-10(6-4-9)17-7-11(15)14-12(13)16/h3-6,8H,7H2,1-2H3,(H3,13,14,15,16). The predicted octanol–water partition coefficient (Wildman–Crippen LogP) is 2.10. The van der Waals surface area contributed by atoms with Crippen LogP contribution >= 0.6 is 11.8 Å². The fourth-order valence-corrected chi connectivity index (χ4v) is 1.97. The quantitative estimate of drug-likeness (QED) is 0.806. The van der Waals surface area contributed by atoms with Crippen LogP contribution in [0.2, 0.25) is 0 Å². The van der Waals surface area contributed by atoms with Crippen LogP contribution in [0.3, 0.4) is 0 Å². The molecule has 1 aromatic carbocycles. The van der Waals surface area contributed by atoms with Gasteiger partial charge in [0.15, 0.2) is 0 Å². The Balaban J connectivity index is 2.47. The number of rotatable bonds is 4. The molecule has 0 bridgehead atoms. The lowest BCUT2D eigenvalue weighted by atomic mass is 10.0. The smallest absolute Gasteiger partial charge is 0.318 e. The number of imide groups is 1. The summed E-state index contributed by atoms with van der Waals surface area (Å²) < 4.78 is 0. The highest BCUT2D eigenvalue weighted by molar-refractivity contribution is 8.00. The lowest BCUT2D eigenvalue weighted by Crippen LogP contribution is -2.36. The minimum absolute atomic E-state index is 0.184. The van der Waals surface area contributed by atoms with Crippen molar-refractivity contribution in [3.63, 3.8) is 0 Å². The van der Waals surface area contributed by atoms with Gasteiger partial charge in [-0.3, -0.25) is 10.1 Å². The Morgan fingerprint density at radius 2 is 1.88 bits per heavy atom. The number of thioether (sulfide) groups is 1. The molecule has 1 aromatic rings. The van der Waals surface area contributed by atoms with Crippen LogP contribution in [0, 0.1) is 0 Å². The van der Waals surface area contributed by atoms with E-state index in [0.717, 1.165) is 4.90 Å². The minimum atomic E-state index is -0.814. The van der Waals surface area contributed by atoms with Gasteiger partial charge in [0, 0.05) is 4.90 Å². The average molecular weight is 252 g/mol. The normalized spacial score (nSPS) is 10.3. The first-order valence-corrected chi connectivity index (χ1v) is 6.29. The highest BCUT2D eigenvalue weighted by Crippen LogP contribution is 2.21. The van der Waals surface area contributed by atoms with Crippen LogP contribution in [-0.4, -0.2) is 17.7 Å². The lowest BCUT2D eigenvalue weighted by molar-refractivity contribution is -0.117. The highest BCUT2D eigenvalue weighted by atomic mass is 32.2. The Labute approximate surface area is 105 Å². The molecular weight excluding hydrogens is 236 g/mol. The Bertz CT molecular complexity index is 401. The van der Waals surface area contributed by atoms with Crippen LogP contribution in [-0.2, 0) is 4.79 Å². The van der Waals surface area contributed by atoms with Crippen LogP contribution in [0.1, 0.15) is 25.3 Å². The van der Waals surface area contributed by atoms with E-state index in [9.17, 15) is 9.59 Å². The molecule has 0 spiro atoms. The molecule has 0 atom stereocenters. The summed E-state index contributed by atoms with van der Waals surface area (Å²) in [5, 5.41) is 2.02. The van der Waals surface area contributed by atoms with Crippen LogP contribution in [0.25, 0.3) is 0 Å². The van der Waals surface area contributed by atoms with E-state index >= 15 is 0 Å². The zero-order valence-corrected chi connectivity index (χ0v) is 10.7. The molecule has 0 fully saturated rings. The predicted molar refractivity (Wildman–Crippen MR) is 69.0 cm³/mol. The molecule has 17 heavy (non-hydrogen) atoms. The van der Waals surface area contributed by atoms with E-state index in [1.807, 2.05) is 29.6 Å². The summed E-state index contributed by atoms with van der Waals surface area (Å²) in [5.41, 5.74) is 6.10. The van der Waals surface area contributed by atoms with Gasteiger partial charge in [0.1, 0.15) is 0 Å². The summed E-state index contributed by atoms with van der Waals surface area (Å²) in [6, 6.07) is 7.21. The summed E-state index contributed by atoms with van der Waals surface area (Å²) in [5.74, 6) is 0.298. The first-order valence-electron chi connectivity index (χ1n) is 5.31. The number of hydrogen-bond acceptors (Lipinski definition) is 3. The van der Waals surface area contributed by atoms with Crippen molar-refractivity contribution in [1.82, 2.24) is 5.32 Å². The first-order chi connectivity index (χ1) is 7.99. The number of benzene rings is 1. The maximum atomic E-state index is 11.2. The molecule has 1 rings (SSSR count). The number of amides is 3. The van der Waals surface area contributed by atoms with Crippen molar-refractivity contribution >= 4 is 23.7 Å². The molecule has 0 heterocycles. The molecule has 0 saturated heterocycles. The van der Waals surface area contributed by atoms with Gasteiger partial charge in [0.2, 0.25) is 5.91 Å². The van der Waals surface area contributed by atoms with Gasteiger partial charge in [0.05, 0.1) is 5.75 Å². The van der Waals surface area contributed by atoms with Crippen molar-refractivity contribution in [2.45, 2.75) is 24.7 Å². The summed E-state index contributed by atoms with van der Waals surface area (Å²) in [4.78, 5) is 22.6. The molecule has 0 aromatic heterocycles. The maximum absolute atomic E-state index is 11.2. The molecule has 0 radical (unpaired) electrons. The Kier molecular flexibility index (Phi) is 5.03. The van der Waals surface area contributed by atoms with E-state index in [-0.39, 0.29) is 11.7 Å². The summed E-state index contributed by atoms with van der Waals surface area (Å²) in [7, 11) is 0. The van der Waals surface area contributed by atoms with Crippen LogP contribution in [0.5, 0.6) is 0 Å². The van der Waals surface area contributed by atoms with Gasteiger partial charge in [-0.05, 0) is 23.6 Å². The molecular formula is C12H16N2O2S. The van der Waals surface area contributed by atoms with Gasteiger partial charge in [0.25, 0.3) is 0 Å². The van der Waals surface area contributed by atoms with Crippen LogP contribution < -0.4 is 11.1 Å². The van der Waals surface area contributed by atoms with Gasteiger partial charge in [-0.15, -0.1) is 11.8 Å². The van der Waals surface area contributed by atoms with Crippen molar-refractivity contribution in [2.24, 2.45) is 5.73 Å². The number of hydrogen-bond donors (Lipinski definition) is 2. The number of carbonyl (C=O) groups excluding carboxylic acids is 2. The summed E-state index contributed by atoms with van der Waals surface area (Å²) in [6.45, 7) is 4.25. The Morgan fingerprint density at radius 1 is 1.29 bits per heavy atom. The van der Waals surface area contributed by atoms with Crippen molar-refractivity contribution in [1.29, 1.82) is 0 Å². The highest BCUT2D eigenvalue weighted by Gasteiger charge is 2.05. The SMILES string of the molecule is CC(C)c1ccc(SCC(=O)NC(N)=O)cc1. The molecule has 5 heteroatoms. The van der Waals surface area contributed by atoms with Crippen molar-refractivity contribution in [3.8, 4) is 0 Å². The molecule has 4 nitrogen and oxygen atoms in total. The third-order valence-electron chi connectivity index (χ3n) is 2.18. The van der Waals surface area contributed by atoms with Crippen molar-refractivity contribution in [3.05, 3.63) is 29.8 Å². The monoisotopic (exact) mass is 252 g/mol. The maximum Gasteiger partial charge on any atom is 0.318 e. The molecule has 0 saturated carbocycles. The fourth-order valence-electron chi connectivity index (χ4n) is 1.27. The van der Waals surface area contributed by atoms with E-state index in [1.165, 1.54) is 17.3 Å². The second kappa shape index (κ2) is 6.30.